The minimum Gasteiger partial charge on any atom is -0.355 e. The highest BCUT2D eigenvalue weighted by Gasteiger charge is 2.15. The predicted octanol–water partition coefficient (Wildman–Crippen LogP) is 1.72. The van der Waals surface area contributed by atoms with Gasteiger partial charge in [0.15, 0.2) is 5.65 Å². The number of hydrogen-bond acceptors (Lipinski definition) is 4. The first kappa shape index (κ1) is 14.8. The summed E-state index contributed by atoms with van der Waals surface area (Å²) in [6.07, 6.45) is 6.70. The number of carbonyl (C=O) groups is 1. The van der Waals surface area contributed by atoms with Gasteiger partial charge < -0.3 is 5.32 Å². The van der Waals surface area contributed by atoms with Crippen molar-refractivity contribution in [2.24, 2.45) is 0 Å². The Hall–Kier alpha value is -2.73. The van der Waals surface area contributed by atoms with Crippen molar-refractivity contribution in [2.75, 3.05) is 19.6 Å². The Morgan fingerprint density at radius 1 is 1.17 bits per heavy atom. The first-order valence-corrected chi connectivity index (χ1v) is 8.16. The van der Waals surface area contributed by atoms with E-state index in [2.05, 4.69) is 32.4 Å². The van der Waals surface area contributed by atoms with Crippen molar-refractivity contribution < 1.29 is 4.79 Å². The summed E-state index contributed by atoms with van der Waals surface area (Å²) in [6, 6.07) is 10.1. The molecule has 0 saturated carbocycles. The van der Waals surface area contributed by atoms with Gasteiger partial charge in [-0.05, 0) is 12.0 Å². The van der Waals surface area contributed by atoms with E-state index in [4.69, 9.17) is 0 Å². The van der Waals surface area contributed by atoms with Crippen LogP contribution in [0.1, 0.15) is 12.0 Å². The summed E-state index contributed by atoms with van der Waals surface area (Å²) < 4.78 is 1.82. The molecule has 122 valence electrons. The van der Waals surface area contributed by atoms with E-state index in [-0.39, 0.29) is 5.91 Å². The topological polar surface area (TPSA) is 62.5 Å². The molecule has 1 aromatic carbocycles. The first-order chi connectivity index (χ1) is 11.8. The molecule has 0 spiro atoms. The Kier molecular flexibility index (Phi) is 3.96. The molecule has 1 saturated heterocycles. The fraction of sp³-hybridized carbons (Fsp3) is 0.278. The molecule has 0 aliphatic carbocycles. The summed E-state index contributed by atoms with van der Waals surface area (Å²) in [4.78, 5) is 18.4. The Labute approximate surface area is 140 Å². The number of hydrogen-bond donors (Lipinski definition) is 1. The van der Waals surface area contributed by atoms with Crippen molar-refractivity contribution in [2.45, 2.75) is 13.0 Å². The third kappa shape index (κ3) is 3.00. The number of benzene rings is 1. The summed E-state index contributed by atoms with van der Waals surface area (Å²) >= 11 is 0. The molecular weight excluding hydrogens is 302 g/mol. The van der Waals surface area contributed by atoms with E-state index in [0.29, 0.717) is 13.1 Å². The molecule has 6 nitrogen and oxygen atoms in total. The molecular formula is C18H19N5O. The first-order valence-electron chi connectivity index (χ1n) is 8.16. The van der Waals surface area contributed by atoms with Crippen LogP contribution in [0.25, 0.3) is 16.8 Å². The highest BCUT2D eigenvalue weighted by molar-refractivity contribution is 5.78. The zero-order chi connectivity index (χ0) is 16.4. The second-order valence-corrected chi connectivity index (χ2v) is 6.07. The van der Waals surface area contributed by atoms with Crippen molar-refractivity contribution >= 4 is 11.6 Å². The molecule has 2 aromatic heterocycles. The molecule has 4 rings (SSSR count). The van der Waals surface area contributed by atoms with Crippen LogP contribution in [0.15, 0.2) is 48.9 Å². The molecule has 0 atom stereocenters. The minimum atomic E-state index is 0.0898. The molecule has 0 bridgehead atoms. The summed E-state index contributed by atoms with van der Waals surface area (Å²) in [5.41, 5.74) is 4.03. The molecule has 6 heteroatoms. The lowest BCUT2D eigenvalue weighted by atomic mass is 10.1. The lowest BCUT2D eigenvalue weighted by Crippen LogP contribution is -2.32. The van der Waals surface area contributed by atoms with Gasteiger partial charge in [0.1, 0.15) is 0 Å². The van der Waals surface area contributed by atoms with Crippen LogP contribution in [0.3, 0.4) is 0 Å². The standard InChI is InChI=1S/C18H19N5O/c24-17-13-22(8-4-7-19-17)11-14-9-20-18-16(10-21-23(18)12-14)15-5-2-1-3-6-15/h1-3,5-6,9-10,12H,4,7-8,11,13H2,(H,19,24). The number of rotatable bonds is 3. The van der Waals surface area contributed by atoms with Crippen molar-refractivity contribution in [3.8, 4) is 11.1 Å². The minimum absolute atomic E-state index is 0.0898. The maximum Gasteiger partial charge on any atom is 0.234 e. The molecule has 1 aliphatic heterocycles. The van der Waals surface area contributed by atoms with E-state index < -0.39 is 0 Å². The van der Waals surface area contributed by atoms with E-state index in [1.807, 2.05) is 41.3 Å². The lowest BCUT2D eigenvalue weighted by Gasteiger charge is -2.18. The van der Waals surface area contributed by atoms with E-state index in [1.54, 1.807) is 0 Å². The third-order valence-electron chi connectivity index (χ3n) is 4.24. The predicted molar refractivity (Wildman–Crippen MR) is 91.3 cm³/mol. The van der Waals surface area contributed by atoms with E-state index in [1.165, 1.54) is 0 Å². The van der Waals surface area contributed by atoms with Crippen molar-refractivity contribution in [3.05, 3.63) is 54.5 Å². The average molecular weight is 321 g/mol. The second kappa shape index (κ2) is 6.41. The van der Waals surface area contributed by atoms with Gasteiger partial charge in [-0.2, -0.15) is 5.10 Å². The van der Waals surface area contributed by atoms with Gasteiger partial charge in [0, 0.05) is 43.2 Å². The third-order valence-corrected chi connectivity index (χ3v) is 4.24. The van der Waals surface area contributed by atoms with E-state index in [9.17, 15) is 4.79 Å². The van der Waals surface area contributed by atoms with Gasteiger partial charge in [-0.15, -0.1) is 0 Å². The number of fused-ring (bicyclic) bond motifs is 1. The highest BCUT2D eigenvalue weighted by Crippen LogP contribution is 2.23. The summed E-state index contributed by atoms with van der Waals surface area (Å²) in [7, 11) is 0. The summed E-state index contributed by atoms with van der Waals surface area (Å²) in [5.74, 6) is 0.0898. The van der Waals surface area contributed by atoms with Crippen LogP contribution in [-0.2, 0) is 11.3 Å². The smallest absolute Gasteiger partial charge is 0.234 e. The molecule has 3 aromatic rings. The van der Waals surface area contributed by atoms with Gasteiger partial charge in [0.2, 0.25) is 5.91 Å². The summed E-state index contributed by atoms with van der Waals surface area (Å²) in [6.45, 7) is 2.81. The molecule has 0 unspecified atom stereocenters. The number of amides is 1. The van der Waals surface area contributed by atoms with Crippen LogP contribution in [0.2, 0.25) is 0 Å². The van der Waals surface area contributed by atoms with Crippen LogP contribution in [0.5, 0.6) is 0 Å². The van der Waals surface area contributed by atoms with E-state index >= 15 is 0 Å². The SMILES string of the molecule is O=C1CN(Cc2cnc3c(-c4ccccc4)cnn3c2)CCCN1. The van der Waals surface area contributed by atoms with E-state index in [0.717, 1.165) is 41.8 Å². The highest BCUT2D eigenvalue weighted by atomic mass is 16.2. The largest absolute Gasteiger partial charge is 0.355 e. The zero-order valence-corrected chi connectivity index (χ0v) is 13.4. The van der Waals surface area contributed by atoms with Crippen molar-refractivity contribution in [1.29, 1.82) is 0 Å². The molecule has 1 fully saturated rings. The zero-order valence-electron chi connectivity index (χ0n) is 13.4. The van der Waals surface area contributed by atoms with Gasteiger partial charge in [0.05, 0.1) is 12.7 Å². The Balaban J connectivity index is 1.59. The normalized spacial score (nSPS) is 16.1. The molecule has 1 amide bonds. The quantitative estimate of drug-likeness (QED) is 0.798. The van der Waals surface area contributed by atoms with Gasteiger partial charge in [-0.1, -0.05) is 30.3 Å². The molecule has 1 N–H and O–H groups in total. The number of aromatic nitrogens is 3. The van der Waals surface area contributed by atoms with Crippen molar-refractivity contribution in [1.82, 2.24) is 24.8 Å². The molecule has 3 heterocycles. The van der Waals surface area contributed by atoms with Crippen LogP contribution in [-0.4, -0.2) is 45.0 Å². The van der Waals surface area contributed by atoms with Gasteiger partial charge >= 0.3 is 0 Å². The number of nitrogens with one attached hydrogen (secondary N) is 1. The Morgan fingerprint density at radius 2 is 2.04 bits per heavy atom. The maximum atomic E-state index is 11.7. The molecule has 1 aliphatic rings. The molecule has 24 heavy (non-hydrogen) atoms. The van der Waals surface area contributed by atoms with Gasteiger partial charge in [-0.3, -0.25) is 9.69 Å². The fourth-order valence-corrected chi connectivity index (χ4v) is 3.08. The van der Waals surface area contributed by atoms with Gasteiger partial charge in [0.25, 0.3) is 0 Å². The van der Waals surface area contributed by atoms with Crippen LogP contribution < -0.4 is 5.32 Å². The van der Waals surface area contributed by atoms with Crippen molar-refractivity contribution in [3.63, 3.8) is 0 Å². The number of carbonyl (C=O) groups excluding carboxylic acids is 1. The van der Waals surface area contributed by atoms with Gasteiger partial charge in [-0.25, -0.2) is 9.50 Å². The average Bonchev–Trinajstić information content (AvgIpc) is 2.91. The van der Waals surface area contributed by atoms with Crippen LogP contribution >= 0.6 is 0 Å². The second-order valence-electron chi connectivity index (χ2n) is 6.07. The monoisotopic (exact) mass is 321 g/mol. The summed E-state index contributed by atoms with van der Waals surface area (Å²) in [5, 5.41) is 7.34. The molecule has 0 radical (unpaired) electrons. The Bertz CT molecular complexity index is 858. The lowest BCUT2D eigenvalue weighted by molar-refractivity contribution is -0.121. The maximum absolute atomic E-state index is 11.7. The van der Waals surface area contributed by atoms with Crippen LogP contribution in [0.4, 0.5) is 0 Å². The fourth-order valence-electron chi connectivity index (χ4n) is 3.08. The Morgan fingerprint density at radius 3 is 2.92 bits per heavy atom. The number of nitrogens with zero attached hydrogens (tertiary/aromatic N) is 4. The van der Waals surface area contributed by atoms with Crippen LogP contribution in [0, 0.1) is 0 Å².